The van der Waals surface area contributed by atoms with Gasteiger partial charge in [-0.1, -0.05) is 33.1 Å². The van der Waals surface area contributed by atoms with E-state index in [0.717, 1.165) is 13.2 Å². The Labute approximate surface area is 101 Å². The van der Waals surface area contributed by atoms with Crippen molar-refractivity contribution in [2.24, 2.45) is 5.92 Å². The van der Waals surface area contributed by atoms with Crippen molar-refractivity contribution in [1.29, 1.82) is 0 Å². The Balaban J connectivity index is 1.80. The minimum Gasteiger partial charge on any atom is -0.381 e. The molecule has 96 valence electrons. The number of hydrogen-bond acceptors (Lipinski definition) is 2. The quantitative estimate of drug-likeness (QED) is 0.419. The molecule has 1 rings (SSSR count). The summed E-state index contributed by atoms with van der Waals surface area (Å²) in [5.74, 6) is 0.683. The fourth-order valence-electron chi connectivity index (χ4n) is 1.98. The first kappa shape index (κ1) is 14.0. The number of epoxide rings is 1. The molecular weight excluding hydrogens is 200 g/mol. The average Bonchev–Trinajstić information content (AvgIpc) is 2.97. The topological polar surface area (TPSA) is 21.8 Å². The van der Waals surface area contributed by atoms with Crippen LogP contribution in [-0.2, 0) is 9.47 Å². The van der Waals surface area contributed by atoms with E-state index in [9.17, 15) is 0 Å². The highest BCUT2D eigenvalue weighted by Crippen LogP contribution is 2.27. The molecule has 0 aliphatic carbocycles. The fourth-order valence-corrected chi connectivity index (χ4v) is 1.98. The van der Waals surface area contributed by atoms with Gasteiger partial charge in [0.15, 0.2) is 0 Å². The van der Waals surface area contributed by atoms with Crippen LogP contribution in [0.4, 0.5) is 0 Å². The van der Waals surface area contributed by atoms with Crippen molar-refractivity contribution < 1.29 is 9.47 Å². The summed E-state index contributed by atoms with van der Waals surface area (Å²) in [5, 5.41) is 0. The monoisotopic (exact) mass is 228 g/mol. The lowest BCUT2D eigenvalue weighted by Gasteiger charge is -2.11. The van der Waals surface area contributed by atoms with Gasteiger partial charge in [0.2, 0.25) is 0 Å². The molecule has 1 aliphatic rings. The predicted molar refractivity (Wildman–Crippen MR) is 67.7 cm³/mol. The normalized spacial score (nSPS) is 25.7. The molecule has 2 heteroatoms. The SMILES string of the molecule is CCCCCCOCC(C)CCC1OC1C. The molecule has 0 spiro atoms. The van der Waals surface area contributed by atoms with Crippen molar-refractivity contribution in [3.05, 3.63) is 0 Å². The second kappa shape index (κ2) is 8.08. The zero-order chi connectivity index (χ0) is 11.8. The Morgan fingerprint density at radius 2 is 2.00 bits per heavy atom. The van der Waals surface area contributed by atoms with Gasteiger partial charge in [0, 0.05) is 13.2 Å². The minimum atomic E-state index is 0.516. The zero-order valence-electron chi connectivity index (χ0n) is 11.2. The summed E-state index contributed by atoms with van der Waals surface area (Å²) in [5.41, 5.74) is 0. The first-order valence-corrected chi connectivity index (χ1v) is 6.97. The molecule has 16 heavy (non-hydrogen) atoms. The van der Waals surface area contributed by atoms with E-state index >= 15 is 0 Å². The van der Waals surface area contributed by atoms with Crippen LogP contribution in [0.3, 0.4) is 0 Å². The first-order chi connectivity index (χ1) is 7.74. The molecule has 2 nitrogen and oxygen atoms in total. The summed E-state index contributed by atoms with van der Waals surface area (Å²) in [6, 6.07) is 0. The summed E-state index contributed by atoms with van der Waals surface area (Å²) in [6.07, 6.45) is 8.70. The smallest absolute Gasteiger partial charge is 0.0839 e. The van der Waals surface area contributed by atoms with Gasteiger partial charge in [0.1, 0.15) is 0 Å². The Morgan fingerprint density at radius 3 is 2.62 bits per heavy atom. The molecule has 1 saturated heterocycles. The van der Waals surface area contributed by atoms with Gasteiger partial charge < -0.3 is 9.47 Å². The standard InChI is InChI=1S/C14H28O2/c1-4-5-6-7-10-15-11-12(2)8-9-14-13(3)16-14/h12-14H,4-11H2,1-3H3. The van der Waals surface area contributed by atoms with Crippen LogP contribution in [0.25, 0.3) is 0 Å². The molecule has 0 aromatic carbocycles. The van der Waals surface area contributed by atoms with E-state index in [4.69, 9.17) is 9.47 Å². The Kier molecular flexibility index (Phi) is 7.06. The van der Waals surface area contributed by atoms with Crippen molar-refractivity contribution in [1.82, 2.24) is 0 Å². The molecule has 0 radical (unpaired) electrons. The largest absolute Gasteiger partial charge is 0.381 e. The molecular formula is C14H28O2. The van der Waals surface area contributed by atoms with E-state index in [1.54, 1.807) is 0 Å². The molecule has 0 saturated carbocycles. The predicted octanol–water partition coefficient (Wildman–Crippen LogP) is 3.79. The molecule has 1 aliphatic heterocycles. The zero-order valence-corrected chi connectivity index (χ0v) is 11.2. The maximum Gasteiger partial charge on any atom is 0.0839 e. The molecule has 0 amide bonds. The van der Waals surface area contributed by atoms with Crippen molar-refractivity contribution >= 4 is 0 Å². The van der Waals surface area contributed by atoms with Gasteiger partial charge in [0.25, 0.3) is 0 Å². The lowest BCUT2D eigenvalue weighted by atomic mass is 10.0. The van der Waals surface area contributed by atoms with Gasteiger partial charge in [-0.15, -0.1) is 0 Å². The summed E-state index contributed by atoms with van der Waals surface area (Å²) in [7, 11) is 0. The number of rotatable bonds is 10. The Morgan fingerprint density at radius 1 is 1.25 bits per heavy atom. The molecule has 3 unspecified atom stereocenters. The molecule has 1 heterocycles. The van der Waals surface area contributed by atoms with Crippen LogP contribution >= 0.6 is 0 Å². The van der Waals surface area contributed by atoms with Crippen LogP contribution in [0.1, 0.15) is 59.3 Å². The maximum atomic E-state index is 5.68. The first-order valence-electron chi connectivity index (χ1n) is 6.97. The van der Waals surface area contributed by atoms with E-state index < -0.39 is 0 Å². The van der Waals surface area contributed by atoms with E-state index in [1.165, 1.54) is 38.5 Å². The van der Waals surface area contributed by atoms with E-state index in [0.29, 0.717) is 18.1 Å². The van der Waals surface area contributed by atoms with Gasteiger partial charge in [-0.25, -0.2) is 0 Å². The molecule has 0 N–H and O–H groups in total. The molecule has 3 atom stereocenters. The lowest BCUT2D eigenvalue weighted by Crippen LogP contribution is -2.08. The second-order valence-electron chi connectivity index (χ2n) is 5.20. The average molecular weight is 228 g/mol. The highest BCUT2D eigenvalue weighted by atomic mass is 16.6. The number of hydrogen-bond donors (Lipinski definition) is 0. The molecule has 0 bridgehead atoms. The van der Waals surface area contributed by atoms with Crippen LogP contribution in [-0.4, -0.2) is 25.4 Å². The Bertz CT molecular complexity index is 170. The Hall–Kier alpha value is -0.0800. The summed E-state index contributed by atoms with van der Waals surface area (Å²) in [4.78, 5) is 0. The van der Waals surface area contributed by atoms with Crippen LogP contribution in [0.2, 0.25) is 0 Å². The van der Waals surface area contributed by atoms with Gasteiger partial charge in [0.05, 0.1) is 12.2 Å². The third-order valence-electron chi connectivity index (χ3n) is 3.32. The van der Waals surface area contributed by atoms with Gasteiger partial charge in [-0.2, -0.15) is 0 Å². The van der Waals surface area contributed by atoms with E-state index in [2.05, 4.69) is 20.8 Å². The van der Waals surface area contributed by atoms with E-state index in [1.807, 2.05) is 0 Å². The highest BCUT2D eigenvalue weighted by Gasteiger charge is 2.33. The van der Waals surface area contributed by atoms with Crippen LogP contribution in [0, 0.1) is 5.92 Å². The van der Waals surface area contributed by atoms with Crippen LogP contribution < -0.4 is 0 Å². The second-order valence-corrected chi connectivity index (χ2v) is 5.20. The van der Waals surface area contributed by atoms with Crippen LogP contribution in [0.5, 0.6) is 0 Å². The lowest BCUT2D eigenvalue weighted by molar-refractivity contribution is 0.0971. The molecule has 1 fully saturated rings. The highest BCUT2D eigenvalue weighted by molar-refractivity contribution is 4.80. The number of ether oxygens (including phenoxy) is 2. The summed E-state index contributed by atoms with van der Waals surface area (Å²) < 4.78 is 11.1. The minimum absolute atomic E-state index is 0.516. The van der Waals surface area contributed by atoms with Gasteiger partial charge in [-0.05, 0) is 32.1 Å². The van der Waals surface area contributed by atoms with Crippen molar-refractivity contribution in [3.8, 4) is 0 Å². The summed E-state index contributed by atoms with van der Waals surface area (Å²) in [6.45, 7) is 8.54. The van der Waals surface area contributed by atoms with Crippen LogP contribution in [0.15, 0.2) is 0 Å². The fraction of sp³-hybridized carbons (Fsp3) is 1.00. The van der Waals surface area contributed by atoms with Crippen molar-refractivity contribution in [3.63, 3.8) is 0 Å². The number of unbranched alkanes of at least 4 members (excludes halogenated alkanes) is 3. The molecule has 0 aromatic heterocycles. The third kappa shape index (κ3) is 6.49. The maximum absolute atomic E-state index is 5.68. The van der Waals surface area contributed by atoms with Gasteiger partial charge >= 0.3 is 0 Å². The summed E-state index contributed by atoms with van der Waals surface area (Å²) >= 11 is 0. The van der Waals surface area contributed by atoms with Crippen molar-refractivity contribution in [2.75, 3.05) is 13.2 Å². The van der Waals surface area contributed by atoms with Gasteiger partial charge in [-0.3, -0.25) is 0 Å². The molecule has 0 aromatic rings. The third-order valence-corrected chi connectivity index (χ3v) is 3.32. The van der Waals surface area contributed by atoms with Crippen molar-refractivity contribution in [2.45, 2.75) is 71.5 Å². The van der Waals surface area contributed by atoms with E-state index in [-0.39, 0.29) is 0 Å².